The van der Waals surface area contributed by atoms with Gasteiger partial charge in [-0.2, -0.15) is 5.26 Å². The largest absolute Gasteiger partial charge is 0.336 e. The molecule has 0 aliphatic heterocycles. The van der Waals surface area contributed by atoms with E-state index in [0.717, 1.165) is 11.3 Å². The quantitative estimate of drug-likeness (QED) is 0.881. The molecule has 1 aromatic heterocycles. The van der Waals surface area contributed by atoms with Gasteiger partial charge in [0.25, 0.3) is 0 Å². The van der Waals surface area contributed by atoms with E-state index in [-0.39, 0.29) is 5.91 Å². The van der Waals surface area contributed by atoms with Crippen LogP contribution in [0.15, 0.2) is 48.8 Å². The molecule has 0 fully saturated rings. The van der Waals surface area contributed by atoms with Crippen molar-refractivity contribution in [3.8, 4) is 6.07 Å². The van der Waals surface area contributed by atoms with Crippen LogP contribution >= 0.6 is 23.4 Å². The molecule has 0 saturated heterocycles. The Kier molecular flexibility index (Phi) is 6.26. The number of nitrogens with one attached hydrogen (secondary N) is 1. The molecule has 1 N–H and O–H groups in total. The molecule has 4 nitrogen and oxygen atoms in total. The highest BCUT2D eigenvalue weighted by molar-refractivity contribution is 7.99. The fraction of sp³-hybridized carbons (Fsp3) is 0.188. The summed E-state index contributed by atoms with van der Waals surface area (Å²) in [6.07, 6.45) is 3.45. The summed E-state index contributed by atoms with van der Waals surface area (Å²) in [5.41, 5.74) is 1.79. The van der Waals surface area contributed by atoms with E-state index in [4.69, 9.17) is 11.6 Å². The zero-order valence-electron chi connectivity index (χ0n) is 11.7. The number of hydrogen-bond acceptors (Lipinski definition) is 4. The highest BCUT2D eigenvalue weighted by Crippen LogP contribution is 2.18. The van der Waals surface area contributed by atoms with Gasteiger partial charge in [-0.3, -0.25) is 9.78 Å². The summed E-state index contributed by atoms with van der Waals surface area (Å²) in [5, 5.41) is 12.4. The van der Waals surface area contributed by atoms with Crippen molar-refractivity contribution >= 4 is 29.3 Å². The second kappa shape index (κ2) is 8.42. The van der Waals surface area contributed by atoms with E-state index >= 15 is 0 Å². The average Bonchev–Trinajstić information content (AvgIpc) is 2.53. The molecule has 0 bridgehead atoms. The molecule has 1 atom stereocenters. The van der Waals surface area contributed by atoms with Crippen LogP contribution in [0.2, 0.25) is 5.02 Å². The maximum atomic E-state index is 11.9. The molecule has 112 valence electrons. The minimum absolute atomic E-state index is 0.175. The second-order valence-electron chi connectivity index (χ2n) is 4.53. The van der Waals surface area contributed by atoms with E-state index in [0.29, 0.717) is 16.3 Å². The van der Waals surface area contributed by atoms with E-state index in [1.807, 2.05) is 12.1 Å². The molecule has 1 heterocycles. The summed E-state index contributed by atoms with van der Waals surface area (Å²) in [6, 6.07) is 12.1. The molecule has 0 aliphatic carbocycles. The first-order valence-corrected chi connectivity index (χ1v) is 8.13. The van der Waals surface area contributed by atoms with Crippen molar-refractivity contribution in [2.45, 2.75) is 11.8 Å². The number of carbonyl (C=O) groups excluding carboxylic acids is 1. The molecular formula is C16H14ClN3OS. The molecule has 0 aliphatic rings. The second-order valence-corrected chi connectivity index (χ2v) is 5.95. The van der Waals surface area contributed by atoms with Crippen LogP contribution < -0.4 is 5.32 Å². The Labute approximate surface area is 138 Å². The lowest BCUT2D eigenvalue weighted by Gasteiger charge is -2.12. The van der Waals surface area contributed by atoms with Gasteiger partial charge in [0.05, 0.1) is 11.8 Å². The molecule has 0 saturated carbocycles. The number of pyridine rings is 1. The summed E-state index contributed by atoms with van der Waals surface area (Å²) >= 11 is 7.39. The van der Waals surface area contributed by atoms with Gasteiger partial charge in [0, 0.05) is 23.2 Å². The number of benzene rings is 1. The summed E-state index contributed by atoms with van der Waals surface area (Å²) in [4.78, 5) is 15.9. The third-order valence-electron chi connectivity index (χ3n) is 2.87. The monoisotopic (exact) mass is 331 g/mol. The number of nitriles is 1. The predicted molar refractivity (Wildman–Crippen MR) is 88.3 cm³/mol. The Morgan fingerprint density at radius 1 is 1.36 bits per heavy atom. The van der Waals surface area contributed by atoms with Crippen molar-refractivity contribution < 1.29 is 4.79 Å². The van der Waals surface area contributed by atoms with Gasteiger partial charge >= 0.3 is 0 Å². The minimum Gasteiger partial charge on any atom is -0.336 e. The third kappa shape index (κ3) is 5.06. The van der Waals surface area contributed by atoms with Gasteiger partial charge in [-0.05, 0) is 35.4 Å². The number of hydrogen-bond donors (Lipinski definition) is 1. The number of aromatic nitrogens is 1. The molecule has 0 radical (unpaired) electrons. The van der Waals surface area contributed by atoms with Crippen LogP contribution in [0.3, 0.4) is 0 Å². The van der Waals surface area contributed by atoms with Gasteiger partial charge in [-0.25, -0.2) is 0 Å². The first kappa shape index (κ1) is 16.3. The van der Waals surface area contributed by atoms with Gasteiger partial charge in [-0.1, -0.05) is 23.7 Å². The maximum Gasteiger partial charge on any atom is 0.231 e. The smallest absolute Gasteiger partial charge is 0.231 e. The summed E-state index contributed by atoms with van der Waals surface area (Å²) in [5.74, 6) is 0.844. The van der Waals surface area contributed by atoms with Gasteiger partial charge in [0.2, 0.25) is 5.91 Å². The molecule has 22 heavy (non-hydrogen) atoms. The molecule has 1 amide bonds. The topological polar surface area (TPSA) is 65.8 Å². The normalized spacial score (nSPS) is 11.5. The summed E-state index contributed by atoms with van der Waals surface area (Å²) < 4.78 is 0. The van der Waals surface area contributed by atoms with E-state index in [9.17, 15) is 10.1 Å². The van der Waals surface area contributed by atoms with Crippen molar-refractivity contribution in [2.75, 3.05) is 5.75 Å². The van der Waals surface area contributed by atoms with Crippen molar-refractivity contribution in [3.63, 3.8) is 0 Å². The van der Waals surface area contributed by atoms with Crippen LogP contribution in [0.1, 0.15) is 17.2 Å². The van der Waals surface area contributed by atoms with Crippen LogP contribution in [-0.2, 0) is 10.5 Å². The summed E-state index contributed by atoms with van der Waals surface area (Å²) in [6.45, 7) is 0. The number of amides is 1. The van der Waals surface area contributed by atoms with E-state index in [1.165, 1.54) is 11.8 Å². The highest BCUT2D eigenvalue weighted by Gasteiger charge is 2.14. The molecule has 6 heteroatoms. The maximum absolute atomic E-state index is 11.9. The molecule has 1 unspecified atom stereocenters. The van der Waals surface area contributed by atoms with Crippen molar-refractivity contribution in [1.29, 1.82) is 5.26 Å². The number of thioether (sulfide) groups is 1. The molecule has 1 aromatic carbocycles. The van der Waals surface area contributed by atoms with E-state index in [1.54, 1.807) is 36.7 Å². The Balaban J connectivity index is 1.84. The molecule has 2 aromatic rings. The van der Waals surface area contributed by atoms with Crippen molar-refractivity contribution in [3.05, 3.63) is 64.9 Å². The van der Waals surface area contributed by atoms with Gasteiger partial charge in [0.1, 0.15) is 6.04 Å². The Morgan fingerprint density at radius 3 is 2.82 bits per heavy atom. The van der Waals surface area contributed by atoms with Crippen molar-refractivity contribution in [1.82, 2.24) is 10.3 Å². The lowest BCUT2D eigenvalue weighted by atomic mass is 10.1. The fourth-order valence-electron chi connectivity index (χ4n) is 1.82. The van der Waals surface area contributed by atoms with E-state index in [2.05, 4.69) is 16.4 Å². The van der Waals surface area contributed by atoms with E-state index < -0.39 is 6.04 Å². The number of halogens is 1. The first-order valence-electron chi connectivity index (χ1n) is 6.60. The molecule has 0 spiro atoms. The predicted octanol–water partition coefficient (Wildman–Crippen LogP) is 3.35. The minimum atomic E-state index is -0.687. The molecular weight excluding hydrogens is 318 g/mol. The van der Waals surface area contributed by atoms with Crippen LogP contribution in [0.4, 0.5) is 0 Å². The Bertz CT molecular complexity index is 673. The van der Waals surface area contributed by atoms with Crippen LogP contribution in [0.5, 0.6) is 0 Å². The molecule has 2 rings (SSSR count). The van der Waals surface area contributed by atoms with Gasteiger partial charge in [0.15, 0.2) is 0 Å². The average molecular weight is 332 g/mol. The first-order chi connectivity index (χ1) is 10.7. The zero-order valence-corrected chi connectivity index (χ0v) is 13.3. The van der Waals surface area contributed by atoms with Crippen LogP contribution in [-0.4, -0.2) is 16.6 Å². The lowest BCUT2D eigenvalue weighted by molar-refractivity contribution is -0.118. The highest BCUT2D eigenvalue weighted by atomic mass is 35.5. The lowest BCUT2D eigenvalue weighted by Crippen LogP contribution is -2.29. The Hall–Kier alpha value is -2.03. The van der Waals surface area contributed by atoms with Crippen LogP contribution in [0.25, 0.3) is 0 Å². The number of nitrogens with zero attached hydrogens (tertiary/aromatic N) is 2. The fourth-order valence-corrected chi connectivity index (χ4v) is 2.82. The zero-order chi connectivity index (χ0) is 15.8. The number of carbonyl (C=O) groups is 1. The van der Waals surface area contributed by atoms with Crippen LogP contribution in [0, 0.1) is 11.3 Å². The van der Waals surface area contributed by atoms with Gasteiger partial charge < -0.3 is 5.32 Å². The van der Waals surface area contributed by atoms with Crippen molar-refractivity contribution in [2.24, 2.45) is 0 Å². The van der Waals surface area contributed by atoms with Gasteiger partial charge in [-0.15, -0.1) is 11.8 Å². The summed E-state index contributed by atoms with van der Waals surface area (Å²) in [7, 11) is 0. The number of rotatable bonds is 6. The SMILES string of the molecule is N#CC(NC(=O)CSCc1ccncc1)c1cccc(Cl)c1. The Morgan fingerprint density at radius 2 is 2.14 bits per heavy atom. The standard InChI is InChI=1S/C16H14ClN3OS/c17-14-3-1-2-13(8-14)15(9-18)20-16(21)11-22-10-12-4-6-19-7-5-12/h1-8,15H,10-11H2,(H,20,21). The third-order valence-corrected chi connectivity index (χ3v) is 4.11.